The second-order valence-corrected chi connectivity index (χ2v) is 10.2. The summed E-state index contributed by atoms with van der Waals surface area (Å²) in [6, 6.07) is 6.87. The van der Waals surface area contributed by atoms with Crippen molar-refractivity contribution in [2.45, 2.75) is 46.8 Å². The highest BCUT2D eigenvalue weighted by Crippen LogP contribution is 2.37. The zero-order valence-electron chi connectivity index (χ0n) is 22.6. The Kier molecular flexibility index (Phi) is 7.69. The zero-order chi connectivity index (χ0) is 28.4. The van der Waals surface area contributed by atoms with Gasteiger partial charge in [-0.05, 0) is 52.3 Å². The highest BCUT2D eigenvalue weighted by atomic mass is 32.1. The fraction of sp³-hybridized carbons (Fsp3) is 0.286. The molecule has 5 rings (SSSR count). The van der Waals surface area contributed by atoms with Gasteiger partial charge in [0, 0.05) is 17.7 Å². The van der Waals surface area contributed by atoms with Crippen molar-refractivity contribution in [3.8, 4) is 22.2 Å². The normalized spacial score (nSPS) is 12.8. The van der Waals surface area contributed by atoms with E-state index < -0.39 is 24.1 Å². The third-order valence-electron chi connectivity index (χ3n) is 6.03. The molecule has 0 radical (unpaired) electrons. The van der Waals surface area contributed by atoms with E-state index in [0.29, 0.717) is 45.6 Å². The number of rotatable bonds is 8. The minimum absolute atomic E-state index is 0.0354. The average molecular weight is 563 g/mol. The fourth-order valence-corrected chi connectivity index (χ4v) is 4.92. The molecule has 0 fully saturated rings. The molecule has 0 spiro atoms. The molecule has 10 nitrogen and oxygen atoms in total. The molecule has 40 heavy (non-hydrogen) atoms. The van der Waals surface area contributed by atoms with Gasteiger partial charge < -0.3 is 14.2 Å². The van der Waals surface area contributed by atoms with Crippen LogP contribution in [-0.2, 0) is 4.74 Å². The van der Waals surface area contributed by atoms with E-state index >= 15 is 4.39 Å². The van der Waals surface area contributed by atoms with Crippen LogP contribution in [0.2, 0.25) is 0 Å². The lowest BCUT2D eigenvalue weighted by Crippen LogP contribution is -2.32. The van der Waals surface area contributed by atoms with Gasteiger partial charge in [-0.3, -0.25) is 5.32 Å². The predicted octanol–water partition coefficient (Wildman–Crippen LogP) is 6.26. The first-order valence-electron chi connectivity index (χ1n) is 12.6. The molecule has 0 aliphatic carbocycles. The molecular formula is C28H27FN6O4S. The molecule has 1 N–H and O–H groups in total. The smallest absolute Gasteiger partial charge is 0.412 e. The molecule has 0 aliphatic rings. The minimum atomic E-state index is -0.694. The van der Waals surface area contributed by atoms with Crippen LogP contribution < -0.4 is 14.8 Å². The Bertz CT molecular complexity index is 1690. The maximum absolute atomic E-state index is 15.0. The van der Waals surface area contributed by atoms with Gasteiger partial charge in [0.15, 0.2) is 11.6 Å². The number of halogens is 1. The van der Waals surface area contributed by atoms with Crippen LogP contribution in [0.1, 0.15) is 32.2 Å². The Hall–Kier alpha value is -4.45. The molecule has 0 unspecified atom stereocenters. The molecular weight excluding hydrogens is 535 g/mol. The highest BCUT2D eigenvalue weighted by molar-refractivity contribution is 7.21. The van der Waals surface area contributed by atoms with Crippen LogP contribution >= 0.6 is 11.3 Å². The van der Waals surface area contributed by atoms with Crippen molar-refractivity contribution in [3.05, 3.63) is 60.1 Å². The third-order valence-corrected chi connectivity index (χ3v) is 7.08. The van der Waals surface area contributed by atoms with Crippen LogP contribution in [0.3, 0.4) is 0 Å². The minimum Gasteiger partial charge on any atom is -0.484 e. The highest BCUT2D eigenvalue weighted by Gasteiger charge is 2.22. The second kappa shape index (κ2) is 11.3. The van der Waals surface area contributed by atoms with Crippen LogP contribution in [-0.4, -0.2) is 49.8 Å². The lowest BCUT2D eigenvalue weighted by molar-refractivity contribution is 0.0402. The summed E-state index contributed by atoms with van der Waals surface area (Å²) < 4.78 is 32.5. The Balaban J connectivity index is 1.34. The molecule has 2 aromatic carbocycles. The van der Waals surface area contributed by atoms with E-state index in [1.165, 1.54) is 29.8 Å². The molecule has 0 bridgehead atoms. The number of aromatic nitrogens is 5. The number of hydrogen-bond donors (Lipinski definition) is 1. The molecule has 0 aliphatic heterocycles. The predicted molar refractivity (Wildman–Crippen MR) is 150 cm³/mol. The average Bonchev–Trinajstić information content (AvgIpc) is 3.32. The number of aryl methyl sites for hydroxylation is 2. The van der Waals surface area contributed by atoms with Gasteiger partial charge in [0.2, 0.25) is 5.88 Å². The Morgan fingerprint density at radius 2 is 1.77 bits per heavy atom. The summed E-state index contributed by atoms with van der Waals surface area (Å²) in [5.41, 5.74) is 4.06. The Labute approximate surface area is 233 Å². The van der Waals surface area contributed by atoms with Gasteiger partial charge in [0.05, 0.1) is 52.1 Å². The van der Waals surface area contributed by atoms with E-state index in [0.717, 1.165) is 15.8 Å². The summed E-state index contributed by atoms with van der Waals surface area (Å²) in [4.78, 5) is 34.1. The van der Waals surface area contributed by atoms with Gasteiger partial charge >= 0.3 is 6.09 Å². The maximum atomic E-state index is 15.0. The number of hydrogen-bond acceptors (Lipinski definition) is 10. The number of nitrogens with zero attached hydrogens (tertiary/aromatic N) is 5. The van der Waals surface area contributed by atoms with E-state index in [4.69, 9.17) is 14.2 Å². The van der Waals surface area contributed by atoms with Crippen LogP contribution in [0.4, 0.5) is 14.9 Å². The maximum Gasteiger partial charge on any atom is 0.412 e. The summed E-state index contributed by atoms with van der Waals surface area (Å²) >= 11 is 1.40. The van der Waals surface area contributed by atoms with Crippen molar-refractivity contribution in [2.75, 3.05) is 11.9 Å². The first-order chi connectivity index (χ1) is 19.2. The van der Waals surface area contributed by atoms with Crippen LogP contribution in [0.5, 0.6) is 11.6 Å². The van der Waals surface area contributed by atoms with Crippen molar-refractivity contribution >= 4 is 44.4 Å². The molecule has 5 aromatic rings. The number of nitrogens with one attached hydrogen (secondary N) is 1. The first kappa shape index (κ1) is 27.1. The number of carbonyl (C=O) groups excluding carboxylic acids is 1. The molecule has 3 aromatic heterocycles. The topological polar surface area (TPSA) is 121 Å². The summed E-state index contributed by atoms with van der Waals surface area (Å²) in [7, 11) is 0. The van der Waals surface area contributed by atoms with E-state index in [9.17, 15) is 4.79 Å². The number of benzene rings is 2. The van der Waals surface area contributed by atoms with Crippen LogP contribution in [0, 0.1) is 19.7 Å². The second-order valence-electron chi connectivity index (χ2n) is 9.17. The van der Waals surface area contributed by atoms with E-state index in [2.05, 4.69) is 30.2 Å². The van der Waals surface area contributed by atoms with Gasteiger partial charge in [0.25, 0.3) is 0 Å². The number of ether oxygens (including phenoxy) is 3. The van der Waals surface area contributed by atoms with Crippen LogP contribution in [0.15, 0.2) is 42.9 Å². The number of carbonyl (C=O) groups is 1. The van der Waals surface area contributed by atoms with Crippen molar-refractivity contribution < 1.29 is 23.4 Å². The SMILES string of the molecule is CCOc1cnc2c(-c3nc4cc(F)c(O[C@@H](C)[C@@H](C)OC(=O)Nc5cnc(C)nc5)cc4s3)cc(C)cc2n1. The van der Waals surface area contributed by atoms with Crippen molar-refractivity contribution in [3.63, 3.8) is 0 Å². The van der Waals surface area contributed by atoms with E-state index in [-0.39, 0.29) is 5.75 Å². The lowest BCUT2D eigenvalue weighted by Gasteiger charge is -2.22. The third kappa shape index (κ3) is 5.91. The van der Waals surface area contributed by atoms with Gasteiger partial charge in [-0.2, -0.15) is 0 Å². The molecule has 3 heterocycles. The number of anilines is 1. The summed E-state index contributed by atoms with van der Waals surface area (Å²) in [6.07, 6.45) is 2.52. The fourth-order valence-electron chi connectivity index (χ4n) is 3.93. The standard InChI is InChI=1S/C28H27FN6O4S/c1-6-37-25-13-32-26-19(7-14(2)8-22(26)34-25)27-35-21-9-20(29)23(10-24(21)40-27)38-15(3)16(4)39-28(36)33-18-11-30-17(5)31-12-18/h7-13,15-16H,6H2,1-5H3,(H,33,36)/t15-,16+/m0/s1. The summed E-state index contributed by atoms with van der Waals surface area (Å²) in [5.74, 6) is 0.500. The van der Waals surface area contributed by atoms with Crippen molar-refractivity contribution in [1.29, 1.82) is 0 Å². The van der Waals surface area contributed by atoms with Crippen molar-refractivity contribution in [1.82, 2.24) is 24.9 Å². The van der Waals surface area contributed by atoms with E-state index in [1.807, 2.05) is 26.0 Å². The quantitative estimate of drug-likeness (QED) is 0.234. The van der Waals surface area contributed by atoms with Gasteiger partial charge in [0.1, 0.15) is 23.0 Å². The monoisotopic (exact) mass is 562 g/mol. The van der Waals surface area contributed by atoms with E-state index in [1.54, 1.807) is 33.0 Å². The Morgan fingerprint density at radius 3 is 2.52 bits per heavy atom. The molecule has 12 heteroatoms. The number of amides is 1. The Morgan fingerprint density at radius 1 is 1.00 bits per heavy atom. The molecule has 206 valence electrons. The zero-order valence-corrected chi connectivity index (χ0v) is 23.4. The van der Waals surface area contributed by atoms with Crippen LogP contribution in [0.25, 0.3) is 31.8 Å². The largest absolute Gasteiger partial charge is 0.484 e. The molecule has 0 saturated heterocycles. The molecule has 1 amide bonds. The lowest BCUT2D eigenvalue weighted by atomic mass is 10.1. The number of fused-ring (bicyclic) bond motifs is 2. The summed E-state index contributed by atoms with van der Waals surface area (Å²) in [6.45, 7) is 9.45. The van der Waals surface area contributed by atoms with Crippen molar-refractivity contribution in [2.24, 2.45) is 0 Å². The summed E-state index contributed by atoms with van der Waals surface area (Å²) in [5, 5.41) is 3.24. The molecule has 0 saturated carbocycles. The number of thiazole rings is 1. The van der Waals surface area contributed by atoms with Gasteiger partial charge in [-0.15, -0.1) is 11.3 Å². The molecule has 2 atom stereocenters. The van der Waals surface area contributed by atoms with Gasteiger partial charge in [-0.25, -0.2) is 34.1 Å². The first-order valence-corrected chi connectivity index (χ1v) is 13.5. The van der Waals surface area contributed by atoms with Gasteiger partial charge in [-0.1, -0.05) is 0 Å².